The third-order valence-corrected chi connectivity index (χ3v) is 3.10. The average molecular weight is 251 g/mol. The van der Waals surface area contributed by atoms with Crippen molar-refractivity contribution in [3.63, 3.8) is 0 Å². The zero-order valence-electron chi connectivity index (χ0n) is 10.5. The number of morpholine rings is 1. The van der Waals surface area contributed by atoms with Crippen molar-refractivity contribution in [1.82, 2.24) is 10.2 Å². The first-order valence-corrected chi connectivity index (χ1v) is 6.07. The smallest absolute Gasteiger partial charge is 0.356 e. The number of aromatic nitrogens is 2. The van der Waals surface area contributed by atoms with Gasteiger partial charge < -0.3 is 14.7 Å². The van der Waals surface area contributed by atoms with E-state index in [4.69, 9.17) is 9.84 Å². The lowest BCUT2D eigenvalue weighted by atomic mass is 10.1. The van der Waals surface area contributed by atoms with E-state index >= 15 is 0 Å². The van der Waals surface area contributed by atoms with Crippen LogP contribution in [0.2, 0.25) is 0 Å². The monoisotopic (exact) mass is 251 g/mol. The van der Waals surface area contributed by atoms with E-state index in [9.17, 15) is 4.79 Å². The van der Waals surface area contributed by atoms with Crippen LogP contribution in [0.5, 0.6) is 0 Å². The molecule has 2 unspecified atom stereocenters. The van der Waals surface area contributed by atoms with Crippen molar-refractivity contribution in [2.75, 3.05) is 18.1 Å². The molecule has 1 saturated heterocycles. The van der Waals surface area contributed by atoms with Crippen LogP contribution in [0, 0.1) is 0 Å². The Bertz CT molecular complexity index is 421. The molecule has 1 aromatic heterocycles. The molecule has 0 bridgehead atoms. The van der Waals surface area contributed by atoms with Crippen molar-refractivity contribution in [2.45, 2.75) is 32.4 Å². The summed E-state index contributed by atoms with van der Waals surface area (Å²) >= 11 is 0. The van der Waals surface area contributed by atoms with Gasteiger partial charge in [0.2, 0.25) is 0 Å². The minimum Gasteiger partial charge on any atom is -0.476 e. The van der Waals surface area contributed by atoms with E-state index < -0.39 is 5.97 Å². The van der Waals surface area contributed by atoms with Crippen LogP contribution in [-0.2, 0) is 4.74 Å². The Morgan fingerprint density at radius 1 is 1.56 bits per heavy atom. The number of carboxylic acid groups (broad SMARTS) is 1. The van der Waals surface area contributed by atoms with Crippen LogP contribution in [0.4, 0.5) is 5.82 Å². The highest BCUT2D eigenvalue weighted by atomic mass is 16.5. The Labute approximate surface area is 106 Å². The standard InChI is InChI=1S/C12H17N3O3/c1-3-9-7-18-8(2)6-15(9)11-5-4-10(12(16)17)13-14-11/h4-5,8-9H,3,6-7H2,1-2H3,(H,16,17). The molecule has 98 valence electrons. The zero-order valence-corrected chi connectivity index (χ0v) is 10.5. The molecule has 2 rings (SSSR count). The molecule has 0 radical (unpaired) electrons. The van der Waals surface area contributed by atoms with Crippen molar-refractivity contribution >= 4 is 11.8 Å². The number of ether oxygens (including phenoxy) is 1. The van der Waals surface area contributed by atoms with Crippen LogP contribution in [0.1, 0.15) is 30.8 Å². The number of aromatic carboxylic acids is 1. The van der Waals surface area contributed by atoms with E-state index in [1.54, 1.807) is 6.07 Å². The third-order valence-electron chi connectivity index (χ3n) is 3.10. The van der Waals surface area contributed by atoms with Crippen molar-refractivity contribution in [3.05, 3.63) is 17.8 Å². The summed E-state index contributed by atoms with van der Waals surface area (Å²) in [6.45, 7) is 5.52. The molecular formula is C12H17N3O3. The zero-order chi connectivity index (χ0) is 13.1. The summed E-state index contributed by atoms with van der Waals surface area (Å²) in [7, 11) is 0. The maximum absolute atomic E-state index is 10.7. The SMILES string of the molecule is CCC1COC(C)CN1c1ccc(C(=O)O)nn1. The minimum atomic E-state index is -1.06. The van der Waals surface area contributed by atoms with Crippen molar-refractivity contribution in [2.24, 2.45) is 0 Å². The Hall–Kier alpha value is -1.69. The van der Waals surface area contributed by atoms with Crippen molar-refractivity contribution < 1.29 is 14.6 Å². The summed E-state index contributed by atoms with van der Waals surface area (Å²) in [6, 6.07) is 3.46. The molecule has 1 aliphatic rings. The highest BCUT2D eigenvalue weighted by Crippen LogP contribution is 2.20. The van der Waals surface area contributed by atoms with E-state index in [2.05, 4.69) is 22.0 Å². The molecule has 0 aromatic carbocycles. The van der Waals surface area contributed by atoms with Crippen LogP contribution < -0.4 is 4.90 Å². The number of nitrogens with zero attached hydrogens (tertiary/aromatic N) is 3. The van der Waals surface area contributed by atoms with Gasteiger partial charge in [0.05, 0.1) is 18.8 Å². The first-order chi connectivity index (χ1) is 8.61. The van der Waals surface area contributed by atoms with E-state index in [-0.39, 0.29) is 17.8 Å². The van der Waals surface area contributed by atoms with Crippen LogP contribution in [0.3, 0.4) is 0 Å². The highest BCUT2D eigenvalue weighted by molar-refractivity contribution is 5.85. The molecule has 0 saturated carbocycles. The van der Waals surface area contributed by atoms with Gasteiger partial charge >= 0.3 is 5.97 Å². The number of carbonyl (C=O) groups is 1. The van der Waals surface area contributed by atoms with Gasteiger partial charge in [-0.05, 0) is 25.5 Å². The van der Waals surface area contributed by atoms with E-state index in [0.717, 1.165) is 13.0 Å². The van der Waals surface area contributed by atoms with E-state index in [1.165, 1.54) is 6.07 Å². The molecule has 18 heavy (non-hydrogen) atoms. The summed E-state index contributed by atoms with van der Waals surface area (Å²) in [4.78, 5) is 12.9. The number of hydrogen-bond donors (Lipinski definition) is 1. The summed E-state index contributed by atoms with van der Waals surface area (Å²) in [5.41, 5.74) is -0.0342. The first kappa shape index (κ1) is 12.8. The molecular weight excluding hydrogens is 234 g/mol. The molecule has 0 amide bonds. The second-order valence-corrected chi connectivity index (χ2v) is 4.44. The molecule has 1 aliphatic heterocycles. The number of rotatable bonds is 3. The Morgan fingerprint density at radius 2 is 2.33 bits per heavy atom. The third kappa shape index (κ3) is 2.59. The second-order valence-electron chi connectivity index (χ2n) is 4.44. The van der Waals surface area contributed by atoms with Gasteiger partial charge in [0.1, 0.15) is 0 Å². The molecule has 1 N–H and O–H groups in total. The quantitative estimate of drug-likeness (QED) is 0.869. The predicted molar refractivity (Wildman–Crippen MR) is 65.8 cm³/mol. The van der Waals surface area contributed by atoms with Gasteiger partial charge in [-0.25, -0.2) is 4.79 Å². The van der Waals surface area contributed by atoms with Gasteiger partial charge in [0, 0.05) is 6.54 Å². The molecule has 6 nitrogen and oxygen atoms in total. The summed E-state index contributed by atoms with van der Waals surface area (Å²) < 4.78 is 5.61. The lowest BCUT2D eigenvalue weighted by molar-refractivity contribution is 0.0295. The fourth-order valence-electron chi connectivity index (χ4n) is 2.06. The molecule has 1 fully saturated rings. The summed E-state index contributed by atoms with van der Waals surface area (Å²) in [5, 5.41) is 16.5. The lowest BCUT2D eigenvalue weighted by Gasteiger charge is -2.38. The Morgan fingerprint density at radius 3 is 2.89 bits per heavy atom. The normalized spacial score (nSPS) is 24.0. The van der Waals surface area contributed by atoms with Crippen LogP contribution in [0.15, 0.2) is 12.1 Å². The van der Waals surface area contributed by atoms with E-state index in [1.807, 2.05) is 6.92 Å². The lowest BCUT2D eigenvalue weighted by Crippen LogP contribution is -2.49. The summed E-state index contributed by atoms with van der Waals surface area (Å²) in [5.74, 6) is -0.349. The maximum atomic E-state index is 10.7. The number of anilines is 1. The largest absolute Gasteiger partial charge is 0.476 e. The predicted octanol–water partition coefficient (Wildman–Crippen LogP) is 1.18. The van der Waals surface area contributed by atoms with Gasteiger partial charge in [0.25, 0.3) is 0 Å². The minimum absolute atomic E-state index is 0.0342. The topological polar surface area (TPSA) is 75.5 Å². The molecule has 0 aliphatic carbocycles. The second kappa shape index (κ2) is 5.30. The van der Waals surface area contributed by atoms with Gasteiger partial charge in [0.15, 0.2) is 11.5 Å². The Balaban J connectivity index is 2.20. The number of carboxylic acids is 1. The molecule has 2 heterocycles. The fourth-order valence-corrected chi connectivity index (χ4v) is 2.06. The van der Waals surface area contributed by atoms with Crippen LogP contribution in [0.25, 0.3) is 0 Å². The highest BCUT2D eigenvalue weighted by Gasteiger charge is 2.26. The van der Waals surface area contributed by atoms with E-state index in [0.29, 0.717) is 12.4 Å². The van der Waals surface area contributed by atoms with Gasteiger partial charge in [-0.3, -0.25) is 0 Å². The molecule has 6 heteroatoms. The summed E-state index contributed by atoms with van der Waals surface area (Å²) in [6.07, 6.45) is 1.10. The average Bonchev–Trinajstić information content (AvgIpc) is 2.39. The molecule has 2 atom stereocenters. The molecule has 0 spiro atoms. The van der Waals surface area contributed by atoms with Crippen molar-refractivity contribution in [1.29, 1.82) is 0 Å². The first-order valence-electron chi connectivity index (χ1n) is 6.07. The van der Waals surface area contributed by atoms with Gasteiger partial charge in [-0.1, -0.05) is 6.92 Å². The fraction of sp³-hybridized carbons (Fsp3) is 0.583. The maximum Gasteiger partial charge on any atom is 0.356 e. The molecule has 1 aromatic rings. The number of hydrogen-bond acceptors (Lipinski definition) is 5. The van der Waals surface area contributed by atoms with Gasteiger partial charge in [-0.15, -0.1) is 10.2 Å². The van der Waals surface area contributed by atoms with Crippen LogP contribution in [-0.4, -0.2) is 46.6 Å². The van der Waals surface area contributed by atoms with Crippen LogP contribution >= 0.6 is 0 Å². The van der Waals surface area contributed by atoms with Crippen molar-refractivity contribution in [3.8, 4) is 0 Å². The van der Waals surface area contributed by atoms with Gasteiger partial charge in [-0.2, -0.15) is 0 Å². The Kier molecular flexibility index (Phi) is 3.76.